The lowest BCUT2D eigenvalue weighted by Crippen LogP contribution is -2.49. The van der Waals surface area contributed by atoms with Gasteiger partial charge in [0.2, 0.25) is 0 Å². The summed E-state index contributed by atoms with van der Waals surface area (Å²) in [4.78, 5) is 26.6. The smallest absolute Gasteiger partial charge is 0.304 e. The van der Waals surface area contributed by atoms with E-state index in [2.05, 4.69) is 15.9 Å². The van der Waals surface area contributed by atoms with Gasteiger partial charge in [0.05, 0.1) is 12.0 Å². The van der Waals surface area contributed by atoms with Crippen LogP contribution in [-0.4, -0.2) is 64.6 Å². The first-order valence-electron chi connectivity index (χ1n) is 6.69. The van der Waals surface area contributed by atoms with Gasteiger partial charge in [-0.25, -0.2) is 0 Å². The number of hydrogen-bond donors (Lipinski definition) is 2. The van der Waals surface area contributed by atoms with Crippen LogP contribution in [0, 0.1) is 0 Å². The van der Waals surface area contributed by atoms with Crippen molar-refractivity contribution in [2.24, 2.45) is 0 Å². The Hall–Kier alpha value is -1.60. The molecule has 0 spiro atoms. The van der Waals surface area contributed by atoms with Crippen molar-refractivity contribution in [2.75, 3.05) is 32.7 Å². The summed E-state index contributed by atoms with van der Waals surface area (Å²) < 4.78 is 0.718. The minimum absolute atomic E-state index is 0.0392. The van der Waals surface area contributed by atoms with E-state index in [9.17, 15) is 14.7 Å². The molecule has 114 valence electrons. The summed E-state index contributed by atoms with van der Waals surface area (Å²) >= 11 is 3.24. The zero-order chi connectivity index (χ0) is 15.4. The first-order valence-corrected chi connectivity index (χ1v) is 7.48. The van der Waals surface area contributed by atoms with Gasteiger partial charge < -0.3 is 15.1 Å². The average Bonchev–Trinajstić information content (AvgIpc) is 2.45. The SMILES string of the molecule is O=C(O)CCN1CCN(C(=O)c2ccc(Br)cc2O)CC1. The number of phenolic OH excluding ortho intramolecular Hbond substituents is 1. The Morgan fingerprint density at radius 1 is 1.19 bits per heavy atom. The average molecular weight is 357 g/mol. The van der Waals surface area contributed by atoms with E-state index in [1.54, 1.807) is 17.0 Å². The van der Waals surface area contributed by atoms with E-state index in [1.165, 1.54) is 6.07 Å². The Morgan fingerprint density at radius 3 is 2.43 bits per heavy atom. The van der Waals surface area contributed by atoms with Crippen molar-refractivity contribution in [1.29, 1.82) is 0 Å². The molecule has 1 fully saturated rings. The fourth-order valence-electron chi connectivity index (χ4n) is 2.28. The van der Waals surface area contributed by atoms with Crippen LogP contribution in [0.25, 0.3) is 0 Å². The van der Waals surface area contributed by atoms with Gasteiger partial charge in [-0.1, -0.05) is 15.9 Å². The van der Waals surface area contributed by atoms with Crippen LogP contribution in [0.2, 0.25) is 0 Å². The van der Waals surface area contributed by atoms with Gasteiger partial charge in [-0.05, 0) is 18.2 Å². The topological polar surface area (TPSA) is 81.1 Å². The van der Waals surface area contributed by atoms with Gasteiger partial charge in [0.15, 0.2) is 0 Å². The Kier molecular flexibility index (Phi) is 5.19. The molecular weight excluding hydrogens is 340 g/mol. The molecule has 1 aliphatic rings. The van der Waals surface area contributed by atoms with E-state index >= 15 is 0 Å². The van der Waals surface area contributed by atoms with E-state index in [4.69, 9.17) is 5.11 Å². The number of aliphatic carboxylic acids is 1. The number of carbonyl (C=O) groups is 2. The predicted octanol–water partition coefficient (Wildman–Crippen LogP) is 1.39. The minimum Gasteiger partial charge on any atom is -0.507 e. The van der Waals surface area contributed by atoms with E-state index in [0.717, 1.165) is 4.47 Å². The number of nitrogens with zero attached hydrogens (tertiary/aromatic N) is 2. The van der Waals surface area contributed by atoms with E-state index < -0.39 is 5.97 Å². The van der Waals surface area contributed by atoms with Gasteiger partial charge in [0, 0.05) is 37.2 Å². The van der Waals surface area contributed by atoms with Crippen LogP contribution in [-0.2, 0) is 4.79 Å². The first-order chi connectivity index (χ1) is 9.97. The van der Waals surface area contributed by atoms with Crippen molar-refractivity contribution >= 4 is 27.8 Å². The molecular formula is C14H17BrN2O4. The fraction of sp³-hybridized carbons (Fsp3) is 0.429. The number of piperazine rings is 1. The maximum Gasteiger partial charge on any atom is 0.304 e. The Balaban J connectivity index is 1.92. The lowest BCUT2D eigenvalue weighted by Gasteiger charge is -2.34. The molecule has 0 bridgehead atoms. The predicted molar refractivity (Wildman–Crippen MR) is 80.4 cm³/mol. The second-order valence-electron chi connectivity index (χ2n) is 4.94. The molecule has 2 N–H and O–H groups in total. The molecule has 1 aromatic carbocycles. The lowest BCUT2D eigenvalue weighted by molar-refractivity contribution is -0.137. The molecule has 1 heterocycles. The van der Waals surface area contributed by atoms with E-state index in [0.29, 0.717) is 32.7 Å². The second kappa shape index (κ2) is 6.91. The van der Waals surface area contributed by atoms with Gasteiger partial charge in [-0.15, -0.1) is 0 Å². The molecule has 0 aliphatic carbocycles. The standard InChI is InChI=1S/C14H17BrN2O4/c15-10-1-2-11(12(18)9-10)14(21)17-7-5-16(6-8-17)4-3-13(19)20/h1-2,9,18H,3-8H2,(H,19,20). The van der Waals surface area contributed by atoms with Crippen molar-refractivity contribution in [2.45, 2.75) is 6.42 Å². The van der Waals surface area contributed by atoms with Crippen molar-refractivity contribution in [3.63, 3.8) is 0 Å². The van der Waals surface area contributed by atoms with Crippen LogP contribution in [0.3, 0.4) is 0 Å². The van der Waals surface area contributed by atoms with Gasteiger partial charge in [-0.2, -0.15) is 0 Å². The van der Waals surface area contributed by atoms with Crippen LogP contribution >= 0.6 is 15.9 Å². The molecule has 2 rings (SSSR count). The van der Waals surface area contributed by atoms with Crippen molar-refractivity contribution in [3.8, 4) is 5.75 Å². The highest BCUT2D eigenvalue weighted by Gasteiger charge is 2.24. The Morgan fingerprint density at radius 2 is 1.86 bits per heavy atom. The van der Waals surface area contributed by atoms with Crippen LogP contribution in [0.15, 0.2) is 22.7 Å². The molecule has 1 aliphatic heterocycles. The third kappa shape index (κ3) is 4.18. The maximum absolute atomic E-state index is 12.3. The summed E-state index contributed by atoms with van der Waals surface area (Å²) in [7, 11) is 0. The molecule has 0 radical (unpaired) electrons. The largest absolute Gasteiger partial charge is 0.507 e. The number of aromatic hydroxyl groups is 1. The summed E-state index contributed by atoms with van der Waals surface area (Å²) in [6.07, 6.45) is 0.113. The van der Waals surface area contributed by atoms with Gasteiger partial charge >= 0.3 is 5.97 Å². The zero-order valence-corrected chi connectivity index (χ0v) is 13.0. The third-order valence-corrected chi connectivity index (χ3v) is 3.98. The molecule has 7 heteroatoms. The molecule has 21 heavy (non-hydrogen) atoms. The molecule has 6 nitrogen and oxygen atoms in total. The number of carboxylic acid groups (broad SMARTS) is 1. The highest BCUT2D eigenvalue weighted by molar-refractivity contribution is 9.10. The molecule has 0 atom stereocenters. The number of phenols is 1. The number of rotatable bonds is 4. The molecule has 1 aromatic rings. The number of hydrogen-bond acceptors (Lipinski definition) is 4. The minimum atomic E-state index is -0.812. The number of benzene rings is 1. The van der Waals surface area contributed by atoms with Crippen molar-refractivity contribution in [3.05, 3.63) is 28.2 Å². The van der Waals surface area contributed by atoms with Crippen LogP contribution < -0.4 is 0 Å². The lowest BCUT2D eigenvalue weighted by atomic mass is 10.1. The van der Waals surface area contributed by atoms with E-state index in [1.807, 2.05) is 4.90 Å². The summed E-state index contributed by atoms with van der Waals surface area (Å²) in [5.41, 5.74) is 0.289. The summed E-state index contributed by atoms with van der Waals surface area (Å²) in [5.74, 6) is -1.05. The summed E-state index contributed by atoms with van der Waals surface area (Å²) in [5, 5.41) is 18.5. The van der Waals surface area contributed by atoms with Crippen molar-refractivity contribution in [1.82, 2.24) is 9.80 Å². The number of carbonyl (C=O) groups excluding carboxylic acids is 1. The molecule has 0 aromatic heterocycles. The Bertz CT molecular complexity index is 542. The van der Waals surface area contributed by atoms with Gasteiger partial charge in [0.25, 0.3) is 5.91 Å². The highest BCUT2D eigenvalue weighted by Crippen LogP contribution is 2.24. The first kappa shape index (κ1) is 15.8. The summed E-state index contributed by atoms with van der Waals surface area (Å²) in [6.45, 7) is 2.87. The summed E-state index contributed by atoms with van der Waals surface area (Å²) in [6, 6.07) is 4.81. The van der Waals surface area contributed by atoms with Crippen LogP contribution in [0.5, 0.6) is 5.75 Å². The van der Waals surface area contributed by atoms with Gasteiger partial charge in [0.1, 0.15) is 5.75 Å². The maximum atomic E-state index is 12.3. The van der Waals surface area contributed by atoms with E-state index in [-0.39, 0.29) is 23.6 Å². The van der Waals surface area contributed by atoms with Crippen LogP contribution in [0.4, 0.5) is 0 Å². The third-order valence-electron chi connectivity index (χ3n) is 3.49. The number of carboxylic acids is 1. The zero-order valence-electron chi connectivity index (χ0n) is 11.5. The molecule has 0 unspecified atom stereocenters. The number of amides is 1. The quantitative estimate of drug-likeness (QED) is 0.851. The molecule has 0 saturated carbocycles. The second-order valence-corrected chi connectivity index (χ2v) is 5.85. The number of halogens is 1. The highest BCUT2D eigenvalue weighted by atomic mass is 79.9. The Labute approximate surface area is 131 Å². The van der Waals surface area contributed by atoms with Gasteiger partial charge in [-0.3, -0.25) is 14.5 Å². The monoisotopic (exact) mass is 356 g/mol. The normalized spacial score (nSPS) is 16.0. The molecule has 1 amide bonds. The fourth-order valence-corrected chi connectivity index (χ4v) is 2.63. The van der Waals surface area contributed by atoms with Crippen molar-refractivity contribution < 1.29 is 19.8 Å². The van der Waals surface area contributed by atoms with Crippen LogP contribution in [0.1, 0.15) is 16.8 Å². The molecule has 1 saturated heterocycles.